The average molecular weight is 388 g/mol. The predicted octanol–water partition coefficient (Wildman–Crippen LogP) is 2.35. The first-order valence-electron chi connectivity index (χ1n) is 2.71. The summed E-state index contributed by atoms with van der Waals surface area (Å²) in [6.45, 7) is 5.14. The minimum atomic E-state index is -2.94. The summed E-state index contributed by atoms with van der Waals surface area (Å²) in [5, 5.41) is 0. The van der Waals surface area contributed by atoms with Crippen molar-refractivity contribution in [1.29, 1.82) is 0 Å². The molecule has 0 bridgehead atoms. The number of hydrogen-bond donors (Lipinski definition) is 0. The fourth-order valence-corrected chi connectivity index (χ4v) is 5.38. The molecule has 0 aliphatic carbocycles. The molecule has 0 rings (SSSR count). The van der Waals surface area contributed by atoms with Crippen molar-refractivity contribution in [2.24, 2.45) is 0 Å². The monoisotopic (exact) mass is 388 g/mol. The quantitative estimate of drug-likeness (QED) is 0.511. The topological polar surface area (TPSA) is 34.1 Å². The van der Waals surface area contributed by atoms with Crippen LogP contribution in [0, 0.1) is 0 Å². The summed E-state index contributed by atoms with van der Waals surface area (Å²) in [5.74, 6) is 0. The Morgan fingerprint density at radius 1 is 1.20 bits per heavy atom. The van der Waals surface area contributed by atoms with Gasteiger partial charge in [-0.05, 0) is 20.8 Å². The average Bonchev–Trinajstić information content (AvgIpc) is 1.62. The van der Waals surface area contributed by atoms with Crippen molar-refractivity contribution < 1.29 is 8.42 Å². The third-order valence-corrected chi connectivity index (χ3v) is 7.28. The van der Waals surface area contributed by atoms with E-state index in [2.05, 4.69) is 0 Å². The molecule has 0 aromatic carbocycles. The number of alkyl halides is 2. The molecule has 0 aromatic heterocycles. The summed E-state index contributed by atoms with van der Waals surface area (Å²) in [5.41, 5.74) is 0. The number of rotatable bonds is 1. The Hall–Kier alpha value is 1.41. The van der Waals surface area contributed by atoms with E-state index < -0.39 is 14.6 Å². The maximum atomic E-state index is 11.3. The molecule has 2 nitrogen and oxygen atoms in total. The standard InChI is InChI=1S/C5H10I2O2S/c1-5(2,3)10(8,9)4(6)7/h4H,1-3H3. The minimum Gasteiger partial charge on any atom is -0.226 e. The van der Waals surface area contributed by atoms with Crippen molar-refractivity contribution in [1.82, 2.24) is 0 Å². The van der Waals surface area contributed by atoms with Gasteiger partial charge >= 0.3 is 0 Å². The molecule has 0 amide bonds. The molecule has 62 valence electrons. The Morgan fingerprint density at radius 2 is 1.50 bits per heavy atom. The lowest BCUT2D eigenvalue weighted by Crippen LogP contribution is -2.31. The van der Waals surface area contributed by atoms with Crippen LogP contribution in [0.3, 0.4) is 0 Å². The molecule has 0 radical (unpaired) electrons. The molecule has 0 saturated heterocycles. The van der Waals surface area contributed by atoms with Crippen molar-refractivity contribution in [3.05, 3.63) is 0 Å². The molecule has 0 aliphatic rings. The van der Waals surface area contributed by atoms with Crippen molar-refractivity contribution in [2.45, 2.75) is 26.8 Å². The van der Waals surface area contributed by atoms with Gasteiger partial charge < -0.3 is 0 Å². The fourth-order valence-electron chi connectivity index (χ4n) is 0.267. The zero-order chi connectivity index (χ0) is 8.58. The molecule has 0 saturated carbocycles. The molecule has 0 atom stereocenters. The van der Waals surface area contributed by atoms with Crippen LogP contribution in [-0.4, -0.2) is 14.4 Å². The zero-order valence-electron chi connectivity index (χ0n) is 6.06. The van der Waals surface area contributed by atoms with Gasteiger partial charge in [-0.25, -0.2) is 8.42 Å². The van der Waals surface area contributed by atoms with Crippen molar-refractivity contribution in [2.75, 3.05) is 0 Å². The van der Waals surface area contributed by atoms with Gasteiger partial charge in [-0.2, -0.15) is 0 Å². The molecule has 0 N–H and O–H groups in total. The van der Waals surface area contributed by atoms with Crippen LogP contribution in [0.4, 0.5) is 0 Å². The molecular weight excluding hydrogens is 378 g/mol. The largest absolute Gasteiger partial charge is 0.226 e. The molecule has 0 aromatic rings. The van der Waals surface area contributed by atoms with Crippen LogP contribution in [0.5, 0.6) is 0 Å². The summed E-state index contributed by atoms with van der Waals surface area (Å²) in [4.78, 5) is 0. The molecule has 0 spiro atoms. The van der Waals surface area contributed by atoms with E-state index in [1.165, 1.54) is 0 Å². The molecule has 5 heteroatoms. The van der Waals surface area contributed by atoms with E-state index in [1.807, 2.05) is 45.2 Å². The normalized spacial score (nSPS) is 14.2. The van der Waals surface area contributed by atoms with Gasteiger partial charge in [-0.3, -0.25) is 0 Å². The maximum Gasteiger partial charge on any atom is 0.176 e. The smallest absolute Gasteiger partial charge is 0.176 e. The van der Waals surface area contributed by atoms with Crippen LogP contribution in [0.15, 0.2) is 0 Å². The molecular formula is C5H10I2O2S. The fraction of sp³-hybridized carbons (Fsp3) is 1.00. The molecule has 0 heterocycles. The first-order valence-corrected chi connectivity index (χ1v) is 6.75. The van der Waals surface area contributed by atoms with Crippen molar-refractivity contribution in [3.8, 4) is 0 Å². The lowest BCUT2D eigenvalue weighted by atomic mass is 10.3. The van der Waals surface area contributed by atoms with Crippen LogP contribution < -0.4 is 0 Å². The second-order valence-corrected chi connectivity index (χ2v) is 12.3. The van der Waals surface area contributed by atoms with Crippen LogP contribution in [-0.2, 0) is 9.84 Å². The van der Waals surface area contributed by atoms with E-state index in [4.69, 9.17) is 0 Å². The van der Waals surface area contributed by atoms with Gasteiger partial charge in [0.15, 0.2) is 11.1 Å². The minimum absolute atomic E-state index is 0.331. The van der Waals surface area contributed by atoms with Gasteiger partial charge in [0.05, 0.1) is 4.75 Å². The third kappa shape index (κ3) is 2.47. The summed E-state index contributed by atoms with van der Waals surface area (Å²) in [7, 11) is -2.94. The van der Waals surface area contributed by atoms with E-state index in [1.54, 1.807) is 20.8 Å². The predicted molar refractivity (Wildman–Crippen MR) is 60.5 cm³/mol. The Kier molecular flexibility index (Phi) is 3.91. The highest BCUT2D eigenvalue weighted by Gasteiger charge is 2.33. The third-order valence-electron chi connectivity index (χ3n) is 1.09. The van der Waals surface area contributed by atoms with Crippen LogP contribution >= 0.6 is 45.2 Å². The second-order valence-electron chi connectivity index (χ2n) is 2.92. The van der Waals surface area contributed by atoms with E-state index in [-0.39, 0.29) is 1.26 Å². The van der Waals surface area contributed by atoms with E-state index in [0.29, 0.717) is 0 Å². The summed E-state index contributed by atoms with van der Waals surface area (Å²) < 4.78 is 21.7. The molecule has 0 aliphatic heterocycles. The van der Waals surface area contributed by atoms with Crippen molar-refractivity contribution in [3.63, 3.8) is 0 Å². The van der Waals surface area contributed by atoms with E-state index in [9.17, 15) is 8.42 Å². The maximum absolute atomic E-state index is 11.3. The van der Waals surface area contributed by atoms with Crippen molar-refractivity contribution >= 4 is 55.0 Å². The molecule has 10 heavy (non-hydrogen) atoms. The highest BCUT2D eigenvalue weighted by Crippen LogP contribution is 2.28. The van der Waals surface area contributed by atoms with Gasteiger partial charge in [0, 0.05) is 0 Å². The zero-order valence-corrected chi connectivity index (χ0v) is 11.2. The first kappa shape index (κ1) is 11.4. The summed E-state index contributed by atoms with van der Waals surface area (Å²) in [6.07, 6.45) is 0. The summed E-state index contributed by atoms with van der Waals surface area (Å²) in [6, 6.07) is 0. The molecule has 0 fully saturated rings. The van der Waals surface area contributed by atoms with E-state index in [0.717, 1.165) is 0 Å². The van der Waals surface area contributed by atoms with E-state index >= 15 is 0 Å². The van der Waals surface area contributed by atoms with Gasteiger partial charge in [0.25, 0.3) is 0 Å². The lowest BCUT2D eigenvalue weighted by Gasteiger charge is -2.19. The number of sulfone groups is 1. The van der Waals surface area contributed by atoms with Gasteiger partial charge in [0.1, 0.15) is 0 Å². The Morgan fingerprint density at radius 3 is 1.50 bits per heavy atom. The van der Waals surface area contributed by atoms with Crippen LogP contribution in [0.25, 0.3) is 0 Å². The van der Waals surface area contributed by atoms with Crippen LogP contribution in [0.2, 0.25) is 0 Å². The van der Waals surface area contributed by atoms with Crippen LogP contribution in [0.1, 0.15) is 20.8 Å². The highest BCUT2D eigenvalue weighted by atomic mass is 127. The molecule has 0 unspecified atom stereocenters. The van der Waals surface area contributed by atoms with Gasteiger partial charge in [-0.15, -0.1) is 0 Å². The lowest BCUT2D eigenvalue weighted by molar-refractivity contribution is 0.565. The Balaban J connectivity index is 4.79. The Labute approximate surface area is 89.3 Å². The number of halogens is 2. The number of hydrogen-bond acceptors (Lipinski definition) is 2. The van der Waals surface area contributed by atoms with Gasteiger partial charge in [0.2, 0.25) is 0 Å². The first-order chi connectivity index (χ1) is 4.19. The summed E-state index contributed by atoms with van der Waals surface area (Å²) >= 11 is 3.82. The highest BCUT2D eigenvalue weighted by molar-refractivity contribution is 14.2. The van der Waals surface area contributed by atoms with Gasteiger partial charge in [-0.1, -0.05) is 45.2 Å². The second kappa shape index (κ2) is 3.42. The SMILES string of the molecule is CC(C)(C)S(=O)(=O)C(I)I. The Bertz CT molecular complexity index is 200.